The van der Waals surface area contributed by atoms with Gasteiger partial charge in [0.25, 0.3) is 0 Å². The molecule has 1 heterocycles. The van der Waals surface area contributed by atoms with Crippen LogP contribution in [0.25, 0.3) is 0 Å². The molecule has 1 atom stereocenters. The number of carbonyl (C=O) groups is 1. The van der Waals surface area contributed by atoms with Crippen molar-refractivity contribution in [1.82, 2.24) is 4.90 Å². The van der Waals surface area contributed by atoms with Gasteiger partial charge in [-0.1, -0.05) is 0 Å². The third-order valence-electron chi connectivity index (χ3n) is 1.78. The van der Waals surface area contributed by atoms with E-state index in [0.29, 0.717) is 13.1 Å². The fourth-order valence-corrected chi connectivity index (χ4v) is 1.66. The predicted octanol–water partition coefficient (Wildman–Crippen LogP) is 0.827. The van der Waals surface area contributed by atoms with Gasteiger partial charge in [0.05, 0.1) is 5.25 Å². The van der Waals surface area contributed by atoms with Crippen molar-refractivity contribution >= 4 is 17.2 Å². The molecule has 1 rings (SSSR count). The van der Waals surface area contributed by atoms with E-state index in [1.165, 1.54) is 4.90 Å². The predicted molar refractivity (Wildman–Crippen MR) is 52.4 cm³/mol. The highest BCUT2D eigenvalue weighted by Gasteiger charge is 2.36. The van der Waals surface area contributed by atoms with Gasteiger partial charge in [0.2, 0.25) is 0 Å². The van der Waals surface area contributed by atoms with Gasteiger partial charge in [-0.2, -0.15) is 0 Å². The normalized spacial score (nSPS) is 20.1. The summed E-state index contributed by atoms with van der Waals surface area (Å²) in [6, 6.07) is 0. The van der Waals surface area contributed by atoms with E-state index in [0.717, 1.165) is 0 Å². The van der Waals surface area contributed by atoms with Crippen molar-refractivity contribution in [3.63, 3.8) is 0 Å². The van der Waals surface area contributed by atoms with E-state index in [2.05, 4.69) is 0 Å². The van der Waals surface area contributed by atoms with Crippen molar-refractivity contribution in [2.75, 3.05) is 13.1 Å². The van der Waals surface area contributed by atoms with Crippen LogP contribution in [0.5, 0.6) is 0 Å². The number of amides is 1. The SMILES string of the molecule is CC(C)(C)OC(=O)N1CC(S(=O)O)C1. The highest BCUT2D eigenvalue weighted by Crippen LogP contribution is 2.17. The summed E-state index contributed by atoms with van der Waals surface area (Å²) in [5.41, 5.74) is -0.513. The molecule has 0 aromatic heterocycles. The second kappa shape index (κ2) is 3.86. The molecule has 1 fully saturated rings. The Hall–Kier alpha value is -0.620. The summed E-state index contributed by atoms with van der Waals surface area (Å²) in [5.74, 6) is 0. The van der Waals surface area contributed by atoms with Gasteiger partial charge in [-0.05, 0) is 20.8 Å². The third-order valence-corrected chi connectivity index (χ3v) is 2.65. The molecule has 0 aliphatic carbocycles. The second-order valence-electron chi connectivity index (χ2n) is 4.28. The van der Waals surface area contributed by atoms with Gasteiger partial charge in [0.15, 0.2) is 11.1 Å². The smallest absolute Gasteiger partial charge is 0.410 e. The summed E-state index contributed by atoms with van der Waals surface area (Å²) in [4.78, 5) is 12.8. The van der Waals surface area contributed by atoms with Crippen LogP contribution in [0.15, 0.2) is 0 Å². The lowest BCUT2D eigenvalue weighted by molar-refractivity contribution is 0.0138. The minimum atomic E-state index is -1.83. The molecule has 0 spiro atoms. The van der Waals surface area contributed by atoms with E-state index < -0.39 is 22.8 Å². The zero-order chi connectivity index (χ0) is 10.9. The molecule has 14 heavy (non-hydrogen) atoms. The first-order chi connectivity index (χ1) is 6.29. The average molecular weight is 221 g/mol. The van der Waals surface area contributed by atoms with Crippen LogP contribution in [-0.4, -0.2) is 43.7 Å². The first kappa shape index (κ1) is 11.5. The van der Waals surface area contributed by atoms with Gasteiger partial charge >= 0.3 is 6.09 Å². The molecule has 1 amide bonds. The molecule has 0 aromatic rings. The van der Waals surface area contributed by atoms with Crippen molar-refractivity contribution < 1.29 is 18.3 Å². The lowest BCUT2D eigenvalue weighted by Gasteiger charge is -2.37. The Kier molecular flexibility index (Phi) is 3.16. The van der Waals surface area contributed by atoms with Crippen LogP contribution in [0, 0.1) is 0 Å². The molecule has 82 valence electrons. The highest BCUT2D eigenvalue weighted by atomic mass is 32.2. The minimum Gasteiger partial charge on any atom is -0.444 e. The maximum atomic E-state index is 11.3. The van der Waals surface area contributed by atoms with E-state index in [4.69, 9.17) is 9.29 Å². The fraction of sp³-hybridized carbons (Fsp3) is 0.875. The minimum absolute atomic E-state index is 0.304. The summed E-state index contributed by atoms with van der Waals surface area (Å²) in [6.07, 6.45) is -0.417. The molecule has 0 bridgehead atoms. The number of ether oxygens (including phenoxy) is 1. The molecule has 0 aromatic carbocycles. The molecular formula is C8H15NO4S. The maximum absolute atomic E-state index is 11.3. The number of carbonyl (C=O) groups excluding carboxylic acids is 1. The molecule has 1 aliphatic heterocycles. The zero-order valence-electron chi connectivity index (χ0n) is 8.52. The molecule has 0 saturated carbocycles. The van der Waals surface area contributed by atoms with Crippen LogP contribution in [-0.2, 0) is 15.8 Å². The highest BCUT2D eigenvalue weighted by molar-refractivity contribution is 7.80. The van der Waals surface area contributed by atoms with Crippen molar-refractivity contribution in [3.8, 4) is 0 Å². The largest absolute Gasteiger partial charge is 0.444 e. The number of hydrogen-bond acceptors (Lipinski definition) is 3. The molecule has 0 radical (unpaired) electrons. The van der Waals surface area contributed by atoms with Gasteiger partial charge in [-0.15, -0.1) is 0 Å². The lowest BCUT2D eigenvalue weighted by Crippen LogP contribution is -2.56. The number of nitrogens with zero attached hydrogens (tertiary/aromatic N) is 1. The quantitative estimate of drug-likeness (QED) is 0.666. The first-order valence-corrected chi connectivity index (χ1v) is 5.54. The van der Waals surface area contributed by atoms with Crippen molar-refractivity contribution in [3.05, 3.63) is 0 Å². The van der Waals surface area contributed by atoms with Crippen LogP contribution < -0.4 is 0 Å². The van der Waals surface area contributed by atoms with E-state index >= 15 is 0 Å². The van der Waals surface area contributed by atoms with Crippen LogP contribution >= 0.6 is 0 Å². The van der Waals surface area contributed by atoms with Crippen molar-refractivity contribution in [2.45, 2.75) is 31.6 Å². The lowest BCUT2D eigenvalue weighted by atomic mass is 10.2. The number of hydrogen-bond donors (Lipinski definition) is 1. The van der Waals surface area contributed by atoms with E-state index in [9.17, 15) is 9.00 Å². The summed E-state index contributed by atoms with van der Waals surface area (Å²) >= 11 is -1.83. The second-order valence-corrected chi connectivity index (χ2v) is 5.50. The Bertz CT molecular complexity index is 255. The number of likely N-dealkylation sites (tertiary alicyclic amines) is 1. The standard InChI is InChI=1S/C8H15NO4S/c1-8(2,3)13-7(10)9-4-6(5-9)14(11)12/h6H,4-5H2,1-3H3,(H,11,12). The molecule has 1 N–H and O–H groups in total. The van der Waals surface area contributed by atoms with E-state index in [-0.39, 0.29) is 5.25 Å². The van der Waals surface area contributed by atoms with Crippen LogP contribution in [0.3, 0.4) is 0 Å². The Morgan fingerprint density at radius 1 is 1.50 bits per heavy atom. The molecule has 1 unspecified atom stereocenters. The first-order valence-electron chi connectivity index (χ1n) is 4.37. The topological polar surface area (TPSA) is 66.8 Å². The van der Waals surface area contributed by atoms with E-state index in [1.54, 1.807) is 20.8 Å². The summed E-state index contributed by atoms with van der Waals surface area (Å²) in [7, 11) is 0. The van der Waals surface area contributed by atoms with Crippen LogP contribution in [0.2, 0.25) is 0 Å². The van der Waals surface area contributed by atoms with Gasteiger partial charge < -0.3 is 14.2 Å². The van der Waals surface area contributed by atoms with Gasteiger partial charge in [-0.3, -0.25) is 0 Å². The van der Waals surface area contributed by atoms with E-state index in [1.807, 2.05) is 0 Å². The summed E-state index contributed by atoms with van der Waals surface area (Å²) in [5, 5.41) is -0.317. The maximum Gasteiger partial charge on any atom is 0.410 e. The van der Waals surface area contributed by atoms with Crippen LogP contribution in [0.4, 0.5) is 4.79 Å². The Labute approximate surface area is 85.7 Å². The van der Waals surface area contributed by atoms with Crippen molar-refractivity contribution in [1.29, 1.82) is 0 Å². The van der Waals surface area contributed by atoms with Crippen molar-refractivity contribution in [2.24, 2.45) is 0 Å². The van der Waals surface area contributed by atoms with Gasteiger partial charge in [0.1, 0.15) is 5.60 Å². The molecule has 1 saturated heterocycles. The van der Waals surface area contributed by atoms with Gasteiger partial charge in [-0.25, -0.2) is 9.00 Å². The monoisotopic (exact) mass is 221 g/mol. The number of rotatable bonds is 1. The third kappa shape index (κ3) is 2.95. The molecule has 6 heteroatoms. The summed E-state index contributed by atoms with van der Waals surface area (Å²) < 4.78 is 24.3. The average Bonchev–Trinajstić information content (AvgIpc) is 1.75. The Morgan fingerprint density at radius 3 is 2.36 bits per heavy atom. The molecule has 5 nitrogen and oxygen atoms in total. The molecule has 1 aliphatic rings. The molecular weight excluding hydrogens is 206 g/mol. The Balaban J connectivity index is 2.34. The van der Waals surface area contributed by atoms with Crippen LogP contribution in [0.1, 0.15) is 20.8 Å². The zero-order valence-corrected chi connectivity index (χ0v) is 9.34. The fourth-order valence-electron chi connectivity index (χ4n) is 1.04. The van der Waals surface area contributed by atoms with Gasteiger partial charge in [0, 0.05) is 13.1 Å². The summed E-state index contributed by atoms with van der Waals surface area (Å²) in [6.45, 7) is 5.96. The Morgan fingerprint density at radius 2 is 2.00 bits per heavy atom.